The molecule has 0 unspecified atom stereocenters. The molecule has 0 radical (unpaired) electrons. The lowest BCUT2D eigenvalue weighted by molar-refractivity contribution is -0.384. The smallest absolute Gasteiger partial charge is 0.338 e. The van der Waals surface area contributed by atoms with Crippen LogP contribution in [0.3, 0.4) is 0 Å². The number of benzene rings is 2. The van der Waals surface area contributed by atoms with Crippen molar-refractivity contribution in [2.24, 2.45) is 0 Å². The zero-order valence-corrected chi connectivity index (χ0v) is 16.4. The van der Waals surface area contributed by atoms with Crippen LogP contribution in [0.2, 0.25) is 0 Å². The molecule has 0 aliphatic rings. The van der Waals surface area contributed by atoms with Gasteiger partial charge in [-0.25, -0.2) is 4.79 Å². The second-order valence-electron chi connectivity index (χ2n) is 5.73. The van der Waals surface area contributed by atoms with Gasteiger partial charge in [0, 0.05) is 6.07 Å². The molecule has 0 spiro atoms. The van der Waals surface area contributed by atoms with Crippen LogP contribution in [0.5, 0.6) is 17.2 Å². The number of anilines is 1. The van der Waals surface area contributed by atoms with Crippen LogP contribution in [-0.2, 0) is 9.53 Å². The Balaban J connectivity index is 2.00. The number of ether oxygens (including phenoxy) is 4. The van der Waals surface area contributed by atoms with E-state index in [0.717, 1.165) is 0 Å². The zero-order valence-electron chi connectivity index (χ0n) is 16.4. The van der Waals surface area contributed by atoms with Crippen molar-refractivity contribution in [1.82, 2.24) is 0 Å². The molecule has 0 heterocycles. The van der Waals surface area contributed by atoms with Crippen molar-refractivity contribution in [3.05, 3.63) is 64.7 Å². The Morgan fingerprint density at radius 1 is 1.10 bits per heavy atom. The number of carbonyl (C=O) groups is 2. The van der Waals surface area contributed by atoms with Gasteiger partial charge in [-0.1, -0.05) is 12.7 Å². The standard InChI is InChI=1S/C20H20N2O8/c1-4-9-29-16-8-5-13(10-18(16)28-3)20(24)30-12-19(23)21-15-7-6-14(22(25)26)11-17(15)27-2/h4-8,10-11H,1,9,12H2,2-3H3,(H,21,23). The average Bonchev–Trinajstić information content (AvgIpc) is 2.75. The number of hydrogen-bond acceptors (Lipinski definition) is 8. The predicted molar refractivity (Wildman–Crippen MR) is 107 cm³/mol. The van der Waals surface area contributed by atoms with Crippen LogP contribution in [0, 0.1) is 10.1 Å². The number of amides is 1. The number of nitrogens with zero attached hydrogens (tertiary/aromatic N) is 1. The maximum absolute atomic E-state index is 12.2. The Labute approximate surface area is 172 Å². The van der Waals surface area contributed by atoms with Crippen molar-refractivity contribution >= 4 is 23.3 Å². The number of esters is 1. The molecule has 0 atom stereocenters. The van der Waals surface area contributed by atoms with E-state index in [2.05, 4.69) is 11.9 Å². The summed E-state index contributed by atoms with van der Waals surface area (Å²) >= 11 is 0. The van der Waals surface area contributed by atoms with Crippen molar-refractivity contribution < 1.29 is 33.5 Å². The summed E-state index contributed by atoms with van der Waals surface area (Å²) in [5.41, 5.74) is 0.179. The van der Waals surface area contributed by atoms with E-state index in [1.165, 1.54) is 44.6 Å². The Kier molecular flexibility index (Phi) is 7.74. The summed E-state index contributed by atoms with van der Waals surface area (Å²) in [5.74, 6) is -0.533. The largest absolute Gasteiger partial charge is 0.494 e. The van der Waals surface area contributed by atoms with Gasteiger partial charge in [0.25, 0.3) is 11.6 Å². The zero-order chi connectivity index (χ0) is 22.1. The van der Waals surface area contributed by atoms with Gasteiger partial charge < -0.3 is 24.3 Å². The first-order valence-corrected chi connectivity index (χ1v) is 8.60. The number of nitrogens with one attached hydrogen (secondary N) is 1. The van der Waals surface area contributed by atoms with Crippen LogP contribution < -0.4 is 19.5 Å². The fraction of sp³-hybridized carbons (Fsp3) is 0.200. The summed E-state index contributed by atoms with van der Waals surface area (Å²) in [6.45, 7) is 3.25. The highest BCUT2D eigenvalue weighted by Gasteiger charge is 2.16. The van der Waals surface area contributed by atoms with Gasteiger partial charge in [-0.3, -0.25) is 14.9 Å². The Hall–Kier alpha value is -4.08. The molecule has 0 bridgehead atoms. The van der Waals surface area contributed by atoms with Crippen LogP contribution in [-0.4, -0.2) is 44.2 Å². The van der Waals surface area contributed by atoms with Crippen LogP contribution >= 0.6 is 0 Å². The van der Waals surface area contributed by atoms with Crippen molar-refractivity contribution in [3.8, 4) is 17.2 Å². The second-order valence-corrected chi connectivity index (χ2v) is 5.73. The van der Waals surface area contributed by atoms with E-state index in [-0.39, 0.29) is 29.3 Å². The first-order valence-electron chi connectivity index (χ1n) is 8.60. The summed E-state index contributed by atoms with van der Waals surface area (Å²) in [5, 5.41) is 13.3. The van der Waals surface area contributed by atoms with E-state index >= 15 is 0 Å². The molecule has 30 heavy (non-hydrogen) atoms. The van der Waals surface area contributed by atoms with Gasteiger partial charge in [-0.05, 0) is 24.3 Å². The summed E-state index contributed by atoms with van der Waals surface area (Å²) in [4.78, 5) is 34.6. The van der Waals surface area contributed by atoms with Gasteiger partial charge in [0.1, 0.15) is 12.4 Å². The maximum Gasteiger partial charge on any atom is 0.338 e. The molecule has 10 heteroatoms. The molecule has 0 aliphatic carbocycles. The number of nitro benzene ring substituents is 1. The summed E-state index contributed by atoms with van der Waals surface area (Å²) in [6.07, 6.45) is 1.57. The third kappa shape index (κ3) is 5.71. The molecule has 2 rings (SSSR count). The fourth-order valence-electron chi connectivity index (χ4n) is 2.36. The van der Waals surface area contributed by atoms with Crippen molar-refractivity contribution in [1.29, 1.82) is 0 Å². The lowest BCUT2D eigenvalue weighted by atomic mass is 10.2. The van der Waals surface area contributed by atoms with Gasteiger partial charge in [-0.15, -0.1) is 0 Å². The van der Waals surface area contributed by atoms with E-state index in [1.807, 2.05) is 0 Å². The van der Waals surface area contributed by atoms with Crippen molar-refractivity contribution in [2.75, 3.05) is 32.8 Å². The van der Waals surface area contributed by atoms with Crippen molar-refractivity contribution in [2.45, 2.75) is 0 Å². The van der Waals surface area contributed by atoms with Gasteiger partial charge in [0.05, 0.1) is 36.5 Å². The van der Waals surface area contributed by atoms with Crippen LogP contribution in [0.25, 0.3) is 0 Å². The minimum Gasteiger partial charge on any atom is -0.494 e. The minimum atomic E-state index is -0.741. The fourth-order valence-corrected chi connectivity index (χ4v) is 2.36. The summed E-state index contributed by atoms with van der Waals surface area (Å²) in [7, 11) is 2.74. The van der Waals surface area contributed by atoms with E-state index in [1.54, 1.807) is 12.1 Å². The lowest BCUT2D eigenvalue weighted by Crippen LogP contribution is -2.21. The van der Waals surface area contributed by atoms with E-state index in [9.17, 15) is 19.7 Å². The summed E-state index contributed by atoms with van der Waals surface area (Å²) in [6, 6.07) is 8.15. The van der Waals surface area contributed by atoms with Gasteiger partial charge >= 0.3 is 5.97 Å². The quantitative estimate of drug-likeness (QED) is 0.271. The molecule has 0 fully saturated rings. The molecule has 10 nitrogen and oxygen atoms in total. The van der Waals surface area contributed by atoms with Gasteiger partial charge in [0.15, 0.2) is 18.1 Å². The van der Waals surface area contributed by atoms with E-state index < -0.39 is 23.4 Å². The molecule has 0 aliphatic heterocycles. The molecular weight excluding hydrogens is 396 g/mol. The molecule has 1 N–H and O–H groups in total. The highest BCUT2D eigenvalue weighted by atomic mass is 16.6. The molecular formula is C20H20N2O8. The second kappa shape index (κ2) is 10.5. The van der Waals surface area contributed by atoms with Gasteiger partial charge in [-0.2, -0.15) is 0 Å². The first-order chi connectivity index (χ1) is 14.4. The topological polar surface area (TPSA) is 126 Å². The number of carbonyl (C=O) groups excluding carboxylic acids is 2. The third-order valence-electron chi connectivity index (χ3n) is 3.76. The average molecular weight is 416 g/mol. The number of nitro groups is 1. The lowest BCUT2D eigenvalue weighted by Gasteiger charge is -2.12. The predicted octanol–water partition coefficient (Wildman–Crippen LogP) is 2.97. The number of hydrogen-bond donors (Lipinski definition) is 1. The first kappa shape index (κ1) is 22.2. The van der Waals surface area contributed by atoms with E-state index in [0.29, 0.717) is 11.5 Å². The minimum absolute atomic E-state index is 0.101. The summed E-state index contributed by atoms with van der Waals surface area (Å²) < 4.78 is 20.6. The molecule has 0 saturated heterocycles. The van der Waals surface area contributed by atoms with Crippen LogP contribution in [0.1, 0.15) is 10.4 Å². The molecule has 2 aromatic carbocycles. The Morgan fingerprint density at radius 3 is 2.47 bits per heavy atom. The third-order valence-corrected chi connectivity index (χ3v) is 3.76. The Bertz CT molecular complexity index is 958. The maximum atomic E-state index is 12.2. The number of non-ortho nitro benzene ring substituents is 1. The highest BCUT2D eigenvalue weighted by molar-refractivity contribution is 5.96. The SMILES string of the molecule is C=CCOc1ccc(C(=O)OCC(=O)Nc2ccc([N+](=O)[O-])cc2OC)cc1OC. The van der Waals surface area contributed by atoms with Crippen LogP contribution in [0.4, 0.5) is 11.4 Å². The number of rotatable bonds is 10. The Morgan fingerprint density at radius 2 is 1.83 bits per heavy atom. The molecule has 0 aromatic heterocycles. The van der Waals surface area contributed by atoms with Crippen LogP contribution in [0.15, 0.2) is 49.1 Å². The van der Waals surface area contributed by atoms with E-state index in [4.69, 9.17) is 18.9 Å². The number of methoxy groups -OCH3 is 2. The normalized spacial score (nSPS) is 9.93. The molecule has 158 valence electrons. The van der Waals surface area contributed by atoms with Crippen molar-refractivity contribution in [3.63, 3.8) is 0 Å². The van der Waals surface area contributed by atoms with Gasteiger partial charge in [0.2, 0.25) is 0 Å². The molecule has 1 amide bonds. The molecule has 0 saturated carbocycles. The molecule has 2 aromatic rings. The monoisotopic (exact) mass is 416 g/mol. The highest BCUT2D eigenvalue weighted by Crippen LogP contribution is 2.29.